The van der Waals surface area contributed by atoms with Crippen molar-refractivity contribution in [1.82, 2.24) is 9.21 Å². The molecule has 2 aromatic carbocycles. The lowest BCUT2D eigenvalue weighted by Crippen LogP contribution is -2.50. The minimum Gasteiger partial charge on any atom is -0.497 e. The molecule has 0 radical (unpaired) electrons. The number of sulfonamides is 1. The van der Waals surface area contributed by atoms with Gasteiger partial charge in [-0.05, 0) is 42.5 Å². The van der Waals surface area contributed by atoms with Gasteiger partial charge in [0.05, 0.1) is 31.3 Å². The molecule has 1 fully saturated rings. The summed E-state index contributed by atoms with van der Waals surface area (Å²) in [5, 5.41) is 3.28. The fourth-order valence-electron chi connectivity index (χ4n) is 3.20. The highest BCUT2D eigenvalue weighted by Gasteiger charge is 2.29. The lowest BCUT2D eigenvalue weighted by atomic mass is 10.3. The van der Waals surface area contributed by atoms with Crippen LogP contribution in [0.2, 0.25) is 5.02 Å². The minimum absolute atomic E-state index is 0.145. The molecule has 8 nitrogen and oxygen atoms in total. The Balaban J connectivity index is 1.56. The predicted octanol–water partition coefficient (Wildman–Crippen LogP) is 2.30. The molecule has 30 heavy (non-hydrogen) atoms. The van der Waals surface area contributed by atoms with E-state index >= 15 is 0 Å². The maximum Gasteiger partial charge on any atom is 0.243 e. The maximum atomic E-state index is 12.8. The van der Waals surface area contributed by atoms with Gasteiger partial charge < -0.3 is 14.8 Å². The second kappa shape index (κ2) is 9.65. The first kappa shape index (κ1) is 22.4. The third-order valence-electron chi connectivity index (χ3n) is 4.83. The SMILES string of the molecule is COc1ccc(S(=O)(=O)N2CCN(CC(=O)Nc3cc(Cl)ccc3OC)CC2)cc1. The molecule has 1 aliphatic rings. The fraction of sp³-hybridized carbons (Fsp3) is 0.350. The number of rotatable bonds is 7. The van der Waals surface area contributed by atoms with Crippen molar-refractivity contribution in [1.29, 1.82) is 0 Å². The summed E-state index contributed by atoms with van der Waals surface area (Å²) in [6.45, 7) is 1.67. The Morgan fingerprint density at radius 3 is 2.30 bits per heavy atom. The van der Waals surface area contributed by atoms with E-state index in [0.29, 0.717) is 48.4 Å². The smallest absolute Gasteiger partial charge is 0.243 e. The summed E-state index contributed by atoms with van der Waals surface area (Å²) in [7, 11) is -0.537. The van der Waals surface area contributed by atoms with Crippen LogP contribution in [0.5, 0.6) is 11.5 Å². The molecule has 1 amide bonds. The Bertz CT molecular complexity index is 990. The van der Waals surface area contributed by atoms with E-state index in [2.05, 4.69) is 5.32 Å². The van der Waals surface area contributed by atoms with E-state index in [0.717, 1.165) is 0 Å². The number of anilines is 1. The Kier molecular flexibility index (Phi) is 7.19. The summed E-state index contributed by atoms with van der Waals surface area (Å²) in [6.07, 6.45) is 0. The molecule has 0 aliphatic carbocycles. The Morgan fingerprint density at radius 1 is 1.03 bits per heavy atom. The van der Waals surface area contributed by atoms with Crippen molar-refractivity contribution >= 4 is 33.2 Å². The number of benzene rings is 2. The fourth-order valence-corrected chi connectivity index (χ4v) is 4.79. The summed E-state index contributed by atoms with van der Waals surface area (Å²) in [5.41, 5.74) is 0.496. The number of carbonyl (C=O) groups excluding carboxylic acids is 1. The quantitative estimate of drug-likeness (QED) is 0.692. The molecule has 2 aromatic rings. The van der Waals surface area contributed by atoms with Gasteiger partial charge in [0.1, 0.15) is 11.5 Å². The average molecular weight is 454 g/mol. The average Bonchev–Trinajstić information content (AvgIpc) is 2.74. The zero-order chi connectivity index (χ0) is 21.7. The van der Waals surface area contributed by atoms with Gasteiger partial charge in [0.2, 0.25) is 15.9 Å². The van der Waals surface area contributed by atoms with E-state index in [9.17, 15) is 13.2 Å². The van der Waals surface area contributed by atoms with E-state index in [1.165, 1.54) is 30.7 Å². The van der Waals surface area contributed by atoms with Crippen molar-refractivity contribution in [3.05, 3.63) is 47.5 Å². The summed E-state index contributed by atoms with van der Waals surface area (Å²) in [6, 6.07) is 11.3. The third kappa shape index (κ3) is 5.23. The van der Waals surface area contributed by atoms with Crippen molar-refractivity contribution in [2.75, 3.05) is 52.3 Å². The van der Waals surface area contributed by atoms with Crippen LogP contribution in [0.25, 0.3) is 0 Å². The van der Waals surface area contributed by atoms with E-state index in [1.54, 1.807) is 30.3 Å². The lowest BCUT2D eigenvalue weighted by Gasteiger charge is -2.33. The predicted molar refractivity (Wildman–Crippen MR) is 115 cm³/mol. The number of methoxy groups -OCH3 is 2. The van der Waals surface area contributed by atoms with E-state index in [4.69, 9.17) is 21.1 Å². The van der Waals surface area contributed by atoms with Gasteiger partial charge in [-0.3, -0.25) is 9.69 Å². The number of nitrogens with one attached hydrogen (secondary N) is 1. The monoisotopic (exact) mass is 453 g/mol. The summed E-state index contributed by atoms with van der Waals surface area (Å²) < 4.78 is 37.4. The highest BCUT2D eigenvalue weighted by molar-refractivity contribution is 7.89. The normalized spacial score (nSPS) is 15.6. The van der Waals surface area contributed by atoms with Crippen molar-refractivity contribution < 1.29 is 22.7 Å². The highest BCUT2D eigenvalue weighted by atomic mass is 35.5. The maximum absolute atomic E-state index is 12.8. The first-order valence-corrected chi connectivity index (χ1v) is 11.2. The molecule has 1 heterocycles. The largest absolute Gasteiger partial charge is 0.497 e. The number of amides is 1. The van der Waals surface area contributed by atoms with Crippen molar-refractivity contribution in [2.24, 2.45) is 0 Å². The molecule has 0 atom stereocenters. The van der Waals surface area contributed by atoms with Gasteiger partial charge in [0.15, 0.2) is 0 Å². The number of nitrogens with zero attached hydrogens (tertiary/aromatic N) is 2. The van der Waals surface area contributed by atoms with Crippen molar-refractivity contribution in [3.63, 3.8) is 0 Å². The van der Waals surface area contributed by atoms with Crippen LogP contribution in [0.3, 0.4) is 0 Å². The Labute approximate surface area is 181 Å². The van der Waals surface area contributed by atoms with Gasteiger partial charge in [-0.15, -0.1) is 0 Å². The van der Waals surface area contributed by atoms with Gasteiger partial charge in [0, 0.05) is 31.2 Å². The van der Waals surface area contributed by atoms with E-state index < -0.39 is 10.0 Å². The first-order chi connectivity index (χ1) is 14.3. The molecule has 0 unspecified atom stereocenters. The second-order valence-electron chi connectivity index (χ2n) is 6.75. The van der Waals surface area contributed by atoms with Crippen LogP contribution in [0, 0.1) is 0 Å². The molecule has 0 spiro atoms. The lowest BCUT2D eigenvalue weighted by molar-refractivity contribution is -0.117. The topological polar surface area (TPSA) is 88.2 Å². The molecule has 0 bridgehead atoms. The number of ether oxygens (including phenoxy) is 2. The first-order valence-electron chi connectivity index (χ1n) is 9.33. The Hall–Kier alpha value is -2.33. The van der Waals surface area contributed by atoms with Crippen molar-refractivity contribution in [2.45, 2.75) is 4.90 Å². The molecular weight excluding hydrogens is 430 g/mol. The van der Waals surface area contributed by atoms with Crippen LogP contribution in [0.1, 0.15) is 0 Å². The van der Waals surface area contributed by atoms with Crippen LogP contribution >= 0.6 is 11.6 Å². The highest BCUT2D eigenvalue weighted by Crippen LogP contribution is 2.27. The molecule has 1 N–H and O–H groups in total. The van der Waals surface area contributed by atoms with Crippen LogP contribution < -0.4 is 14.8 Å². The van der Waals surface area contributed by atoms with Gasteiger partial charge >= 0.3 is 0 Å². The molecule has 3 rings (SSSR count). The molecule has 0 aromatic heterocycles. The molecule has 10 heteroatoms. The Morgan fingerprint density at radius 2 is 1.70 bits per heavy atom. The van der Waals surface area contributed by atoms with E-state index in [-0.39, 0.29) is 17.3 Å². The third-order valence-corrected chi connectivity index (χ3v) is 6.98. The van der Waals surface area contributed by atoms with Crippen LogP contribution in [0.15, 0.2) is 47.4 Å². The zero-order valence-electron chi connectivity index (χ0n) is 16.8. The van der Waals surface area contributed by atoms with Gasteiger partial charge in [-0.2, -0.15) is 4.31 Å². The van der Waals surface area contributed by atoms with Crippen molar-refractivity contribution in [3.8, 4) is 11.5 Å². The molecule has 162 valence electrons. The minimum atomic E-state index is -3.58. The number of hydrogen-bond donors (Lipinski definition) is 1. The molecule has 0 saturated carbocycles. The number of halogens is 1. The standard InChI is InChI=1S/C20H24ClN3O5S/c1-28-16-4-6-17(7-5-16)30(26,27)24-11-9-23(10-12-24)14-20(25)22-18-13-15(21)3-8-19(18)29-2/h3-8,13H,9-12,14H2,1-2H3,(H,22,25). The molecule has 1 aliphatic heterocycles. The summed E-state index contributed by atoms with van der Waals surface area (Å²) in [5.74, 6) is 0.895. The van der Waals surface area contributed by atoms with Gasteiger partial charge in [-0.25, -0.2) is 8.42 Å². The van der Waals surface area contributed by atoms with Crippen LogP contribution in [0.4, 0.5) is 5.69 Å². The summed E-state index contributed by atoms with van der Waals surface area (Å²) in [4.78, 5) is 14.6. The van der Waals surface area contributed by atoms with Gasteiger partial charge in [0.25, 0.3) is 0 Å². The number of hydrogen-bond acceptors (Lipinski definition) is 6. The second-order valence-corrected chi connectivity index (χ2v) is 9.12. The number of piperazine rings is 1. The van der Waals surface area contributed by atoms with Crippen LogP contribution in [-0.2, 0) is 14.8 Å². The zero-order valence-corrected chi connectivity index (χ0v) is 18.4. The molecule has 1 saturated heterocycles. The van der Waals surface area contributed by atoms with Crippen LogP contribution in [-0.4, -0.2) is 70.5 Å². The van der Waals surface area contributed by atoms with E-state index in [1.807, 2.05) is 4.90 Å². The summed E-state index contributed by atoms with van der Waals surface area (Å²) >= 11 is 5.99. The van der Waals surface area contributed by atoms with Gasteiger partial charge in [-0.1, -0.05) is 11.6 Å². The number of carbonyl (C=O) groups is 1. The molecular formula is C20H24ClN3O5S.